The van der Waals surface area contributed by atoms with E-state index in [0.717, 1.165) is 17.7 Å². The van der Waals surface area contributed by atoms with Gasteiger partial charge in [-0.05, 0) is 95.6 Å². The van der Waals surface area contributed by atoms with Gasteiger partial charge in [0.05, 0.1) is 38.2 Å². The SMILES string of the molecule is Nc1c(N=Nc2cc(Cl)ccc2Cl)c(S(=O)(=O)O)cc2c1C(=O)C(=NNc1ccc(-c3ccc(N=Nc4ccc(N)c5ccc(S(=O)(=O)O)cc45)cc3)cc1)C(S(=O)(=O)O)=C2. The normalized spacial score (nSPS) is 14.2. The zero-order valence-electron chi connectivity index (χ0n) is 30.5. The summed E-state index contributed by atoms with van der Waals surface area (Å²) in [6.45, 7) is 0. The molecule has 0 saturated heterocycles. The molecule has 0 aliphatic heterocycles. The summed E-state index contributed by atoms with van der Waals surface area (Å²) in [4.78, 5) is 11.6. The van der Waals surface area contributed by atoms with E-state index in [-0.39, 0.29) is 26.3 Å². The van der Waals surface area contributed by atoms with Crippen molar-refractivity contribution in [3.05, 3.63) is 129 Å². The molecule has 310 valence electrons. The van der Waals surface area contributed by atoms with E-state index in [2.05, 4.69) is 31.0 Å². The lowest BCUT2D eigenvalue weighted by atomic mass is 9.92. The highest BCUT2D eigenvalue weighted by molar-refractivity contribution is 7.91. The summed E-state index contributed by atoms with van der Waals surface area (Å²) in [6.07, 6.45) is 0.760. The monoisotopic (exact) mass is 920 g/mol. The number of nitrogens with one attached hydrogen (secondary N) is 1. The first-order valence-corrected chi connectivity index (χ1v) is 22.1. The first-order chi connectivity index (χ1) is 28.7. The summed E-state index contributed by atoms with van der Waals surface area (Å²) in [6, 6.07) is 25.4. The summed E-state index contributed by atoms with van der Waals surface area (Å²) >= 11 is 12.1. The molecule has 1 aliphatic carbocycles. The number of nitrogens with two attached hydrogens (primary N) is 2. The maximum atomic E-state index is 13.9. The van der Waals surface area contributed by atoms with Crippen LogP contribution in [-0.4, -0.2) is 50.4 Å². The van der Waals surface area contributed by atoms with Crippen molar-refractivity contribution >= 4 is 122 Å². The Balaban J connectivity index is 1.15. The number of ketones is 1. The van der Waals surface area contributed by atoms with Gasteiger partial charge in [0.2, 0.25) is 5.78 Å². The van der Waals surface area contributed by atoms with Crippen LogP contribution in [0.4, 0.5) is 39.8 Å². The molecule has 23 heteroatoms. The second-order valence-corrected chi connectivity index (χ2v) is 18.0. The lowest BCUT2D eigenvalue weighted by Crippen LogP contribution is -2.28. The number of hydrazone groups is 1. The number of nitrogen functional groups attached to an aromatic ring is 2. The van der Waals surface area contributed by atoms with Gasteiger partial charge in [-0.2, -0.15) is 35.5 Å². The van der Waals surface area contributed by atoms with Gasteiger partial charge in [-0.25, -0.2) is 0 Å². The number of benzene rings is 6. The lowest BCUT2D eigenvalue weighted by Gasteiger charge is -2.20. The van der Waals surface area contributed by atoms with Crippen LogP contribution in [0, 0.1) is 0 Å². The summed E-state index contributed by atoms with van der Waals surface area (Å²) in [5, 5.41) is 21.4. The zero-order valence-corrected chi connectivity index (χ0v) is 34.4. The van der Waals surface area contributed by atoms with E-state index in [0.29, 0.717) is 33.4 Å². The Morgan fingerprint density at radius 1 is 0.623 bits per heavy atom. The first-order valence-electron chi connectivity index (χ1n) is 17.0. The van der Waals surface area contributed by atoms with Gasteiger partial charge >= 0.3 is 0 Å². The summed E-state index contributed by atoms with van der Waals surface area (Å²) in [5.41, 5.74) is 14.7. The molecule has 1 aliphatic rings. The Morgan fingerprint density at radius 3 is 1.92 bits per heavy atom. The number of nitrogens with zero attached hydrogens (tertiary/aromatic N) is 5. The van der Waals surface area contributed by atoms with E-state index in [1.807, 2.05) is 0 Å². The van der Waals surface area contributed by atoms with Crippen molar-refractivity contribution in [1.82, 2.24) is 0 Å². The van der Waals surface area contributed by atoms with E-state index in [4.69, 9.17) is 34.7 Å². The minimum Gasteiger partial charge on any atom is -0.398 e. The highest BCUT2D eigenvalue weighted by atomic mass is 35.5. The zero-order chi connectivity index (χ0) is 44.0. The van der Waals surface area contributed by atoms with E-state index in [1.54, 1.807) is 60.7 Å². The van der Waals surface area contributed by atoms with Gasteiger partial charge in [0.1, 0.15) is 21.2 Å². The van der Waals surface area contributed by atoms with Crippen molar-refractivity contribution < 1.29 is 43.7 Å². The van der Waals surface area contributed by atoms with Crippen LogP contribution in [0.1, 0.15) is 15.9 Å². The molecular weight excluding hydrogens is 896 g/mol. The highest BCUT2D eigenvalue weighted by Crippen LogP contribution is 2.42. The molecule has 0 atom stereocenters. The maximum Gasteiger partial charge on any atom is 0.296 e. The first kappa shape index (κ1) is 42.7. The fraction of sp³-hybridized carbons (Fsp3) is 0. The van der Waals surface area contributed by atoms with Crippen molar-refractivity contribution in [3.8, 4) is 11.1 Å². The third-order valence-corrected chi connectivity index (χ3v) is 12.1. The topological polar surface area (TPSA) is 306 Å². The van der Waals surface area contributed by atoms with Gasteiger partial charge in [-0.3, -0.25) is 23.9 Å². The quantitative estimate of drug-likeness (QED) is 0.0323. The van der Waals surface area contributed by atoms with E-state index in [1.165, 1.54) is 36.4 Å². The fourth-order valence-corrected chi connectivity index (χ4v) is 8.19. The second-order valence-electron chi connectivity index (χ2n) is 12.9. The molecule has 0 fully saturated rings. The predicted molar refractivity (Wildman–Crippen MR) is 230 cm³/mol. The second kappa shape index (κ2) is 16.2. The van der Waals surface area contributed by atoms with Crippen molar-refractivity contribution in [2.24, 2.45) is 25.6 Å². The number of carbonyl (C=O) groups excluding carboxylic acids is 1. The molecule has 0 unspecified atom stereocenters. The highest BCUT2D eigenvalue weighted by Gasteiger charge is 2.37. The third kappa shape index (κ3) is 9.04. The van der Waals surface area contributed by atoms with Crippen molar-refractivity contribution in [1.29, 1.82) is 0 Å². The average Bonchev–Trinajstić information content (AvgIpc) is 3.20. The fourth-order valence-electron chi connectivity index (χ4n) is 6.04. The van der Waals surface area contributed by atoms with Crippen LogP contribution in [0.3, 0.4) is 0 Å². The number of carbonyl (C=O) groups is 1. The number of azo groups is 2. The number of anilines is 3. The molecule has 0 spiro atoms. The van der Waals surface area contributed by atoms with Crippen molar-refractivity contribution in [2.45, 2.75) is 9.79 Å². The van der Waals surface area contributed by atoms with E-state index < -0.39 is 74.2 Å². The van der Waals surface area contributed by atoms with Crippen LogP contribution in [0.2, 0.25) is 10.0 Å². The van der Waals surface area contributed by atoms with Gasteiger partial charge in [0, 0.05) is 21.5 Å². The summed E-state index contributed by atoms with van der Waals surface area (Å²) in [5.74, 6) is -1.16. The van der Waals surface area contributed by atoms with Crippen molar-refractivity contribution in [3.63, 3.8) is 0 Å². The van der Waals surface area contributed by atoms with Crippen LogP contribution in [0.25, 0.3) is 28.0 Å². The number of fused-ring (bicyclic) bond motifs is 2. The molecular formula is C38H26Cl2N8O10S3. The number of hydrogen-bond acceptors (Lipinski definition) is 15. The Labute approximate surface area is 356 Å². The summed E-state index contributed by atoms with van der Waals surface area (Å²) < 4.78 is 103. The van der Waals surface area contributed by atoms with Crippen molar-refractivity contribution in [2.75, 3.05) is 16.9 Å². The minimum absolute atomic E-state index is 0.0179. The van der Waals surface area contributed by atoms with Crippen LogP contribution in [0.5, 0.6) is 0 Å². The molecule has 0 amide bonds. The van der Waals surface area contributed by atoms with Crippen LogP contribution in [-0.2, 0) is 30.4 Å². The minimum atomic E-state index is -5.17. The molecule has 0 radical (unpaired) electrons. The number of rotatable bonds is 10. The van der Waals surface area contributed by atoms with Crippen LogP contribution in [0.15, 0.2) is 143 Å². The number of halogens is 2. The van der Waals surface area contributed by atoms with Gasteiger partial charge in [0.25, 0.3) is 30.4 Å². The van der Waals surface area contributed by atoms with Gasteiger partial charge in [-0.15, -0.1) is 15.3 Å². The Hall–Kier alpha value is -6.43. The largest absolute Gasteiger partial charge is 0.398 e. The smallest absolute Gasteiger partial charge is 0.296 e. The number of allylic oxidation sites excluding steroid dienone is 1. The molecule has 8 N–H and O–H groups in total. The molecule has 0 saturated carbocycles. The van der Waals surface area contributed by atoms with Crippen LogP contribution < -0.4 is 16.9 Å². The van der Waals surface area contributed by atoms with Gasteiger partial charge in [0.15, 0.2) is 5.71 Å². The Bertz CT molecular complexity index is 3310. The van der Waals surface area contributed by atoms with Gasteiger partial charge < -0.3 is 11.5 Å². The van der Waals surface area contributed by atoms with Crippen LogP contribution >= 0.6 is 23.2 Å². The molecule has 0 heterocycles. The lowest BCUT2D eigenvalue weighted by molar-refractivity contribution is 0.106. The average molecular weight is 922 g/mol. The standard InChI is InChI=1S/C38H26Cl2N8O10S3/c39-22-5-12-28(40)31(17-22)46-47-36-32(60(53,54)55)15-21-16-33(61(56,57)58)37(38(49)34(21)35(36)42)48-44-24-8-3-20(4-9-24)19-1-6-23(7-2-19)43-45-30-14-13-29(41)26-11-10-25(18-27(26)30)59(50,51)52/h1-18,44H,41-42H2,(H,50,51,52)(H,53,54,55)(H,56,57,58). The molecule has 18 nitrogen and oxygen atoms in total. The predicted octanol–water partition coefficient (Wildman–Crippen LogP) is 9.20. The maximum absolute atomic E-state index is 13.9. The van der Waals surface area contributed by atoms with E-state index >= 15 is 0 Å². The van der Waals surface area contributed by atoms with Gasteiger partial charge in [-0.1, -0.05) is 53.5 Å². The number of hydrogen-bond donors (Lipinski definition) is 6. The van der Waals surface area contributed by atoms with E-state index in [9.17, 15) is 43.7 Å². The molecule has 0 aromatic heterocycles. The summed E-state index contributed by atoms with van der Waals surface area (Å²) in [7, 11) is -14.8. The number of Topliss-reactive ketones (excluding diaryl/α,β-unsaturated/α-hetero) is 1. The third-order valence-electron chi connectivity index (χ3n) is 8.97. The molecule has 0 bridgehead atoms. The molecule has 6 aromatic rings. The molecule has 7 rings (SSSR count). The Kier molecular flexibility index (Phi) is 11.3. The molecule has 61 heavy (non-hydrogen) atoms. The Morgan fingerprint density at radius 2 is 1.28 bits per heavy atom. The molecule has 6 aromatic carbocycles.